The Balaban J connectivity index is 1.81. The molecule has 0 fully saturated rings. The summed E-state index contributed by atoms with van der Waals surface area (Å²) in [4.78, 5) is 25.5. The second-order valence-corrected chi connectivity index (χ2v) is 7.13. The van der Waals surface area contributed by atoms with E-state index in [1.54, 1.807) is 30.5 Å². The summed E-state index contributed by atoms with van der Waals surface area (Å²) in [5.74, 6) is -0.474. The lowest BCUT2D eigenvalue weighted by atomic mass is 10.1. The fourth-order valence-corrected chi connectivity index (χ4v) is 3.93. The molecule has 0 saturated carbocycles. The fourth-order valence-electron chi connectivity index (χ4n) is 3.40. The maximum absolute atomic E-state index is 12.8. The number of rotatable bonds is 2. The summed E-state index contributed by atoms with van der Waals surface area (Å²) >= 11 is 11.9. The van der Waals surface area contributed by atoms with Crippen LogP contribution in [0.15, 0.2) is 47.4 Å². The second-order valence-electron chi connectivity index (χ2n) is 6.26. The second kappa shape index (κ2) is 5.90. The van der Waals surface area contributed by atoms with Crippen LogP contribution in [0.3, 0.4) is 0 Å². The van der Waals surface area contributed by atoms with Crippen molar-refractivity contribution in [3.8, 4) is 0 Å². The molecule has 2 aromatic carbocycles. The van der Waals surface area contributed by atoms with E-state index in [4.69, 9.17) is 23.2 Å². The maximum Gasteiger partial charge on any atom is 0.261 e. The molecule has 1 aliphatic heterocycles. The molecule has 0 saturated heterocycles. The third kappa shape index (κ3) is 2.71. The van der Waals surface area contributed by atoms with Crippen molar-refractivity contribution in [2.24, 2.45) is 0 Å². The summed E-state index contributed by atoms with van der Waals surface area (Å²) in [5, 5.41) is 4.10. The van der Waals surface area contributed by atoms with Gasteiger partial charge in [0, 0.05) is 33.4 Å². The first-order valence-electron chi connectivity index (χ1n) is 7.88. The van der Waals surface area contributed by atoms with E-state index in [0.717, 1.165) is 17.5 Å². The summed E-state index contributed by atoms with van der Waals surface area (Å²) in [6, 6.07) is 10.6. The lowest BCUT2D eigenvalue weighted by Crippen LogP contribution is -2.23. The van der Waals surface area contributed by atoms with E-state index >= 15 is 0 Å². The van der Waals surface area contributed by atoms with Gasteiger partial charge in [-0.1, -0.05) is 35.3 Å². The molecule has 2 heterocycles. The zero-order chi connectivity index (χ0) is 17.7. The average molecular weight is 373 g/mol. The number of pyridine rings is 1. The third-order valence-electron chi connectivity index (χ3n) is 4.49. The summed E-state index contributed by atoms with van der Waals surface area (Å²) in [6.07, 6.45) is 2.50. The van der Waals surface area contributed by atoms with Crippen LogP contribution < -0.4 is 10.7 Å². The number of benzene rings is 2. The molecule has 6 heteroatoms. The van der Waals surface area contributed by atoms with Gasteiger partial charge in [-0.2, -0.15) is 0 Å². The molecule has 126 valence electrons. The van der Waals surface area contributed by atoms with E-state index in [0.29, 0.717) is 21.1 Å². The largest absolute Gasteiger partial charge is 0.343 e. The first-order chi connectivity index (χ1) is 11.9. The zero-order valence-corrected chi connectivity index (χ0v) is 14.9. The van der Waals surface area contributed by atoms with Gasteiger partial charge in [-0.05, 0) is 43.2 Å². The molecule has 4 nitrogen and oxygen atoms in total. The van der Waals surface area contributed by atoms with E-state index < -0.39 is 5.91 Å². The molecule has 1 aliphatic rings. The molecule has 0 spiro atoms. The Hall–Kier alpha value is -2.30. The van der Waals surface area contributed by atoms with Crippen molar-refractivity contribution in [3.05, 3.63) is 74.0 Å². The third-order valence-corrected chi connectivity index (χ3v) is 4.93. The minimum atomic E-state index is -0.474. The average Bonchev–Trinajstić information content (AvgIpc) is 2.86. The highest BCUT2D eigenvalue weighted by Crippen LogP contribution is 2.31. The molecule has 1 atom stereocenters. The summed E-state index contributed by atoms with van der Waals surface area (Å²) in [7, 11) is 0. The van der Waals surface area contributed by atoms with E-state index in [9.17, 15) is 9.59 Å². The van der Waals surface area contributed by atoms with Crippen molar-refractivity contribution in [1.29, 1.82) is 0 Å². The molecule has 0 bridgehead atoms. The molecule has 3 aromatic rings. The van der Waals surface area contributed by atoms with Crippen LogP contribution in [-0.2, 0) is 6.42 Å². The number of nitrogens with zero attached hydrogens (tertiary/aromatic N) is 1. The molecular weight excluding hydrogens is 359 g/mol. The van der Waals surface area contributed by atoms with Crippen molar-refractivity contribution in [3.63, 3.8) is 0 Å². The fraction of sp³-hybridized carbons (Fsp3) is 0.158. The Kier molecular flexibility index (Phi) is 3.82. The van der Waals surface area contributed by atoms with Gasteiger partial charge < -0.3 is 9.88 Å². The molecule has 4 rings (SSSR count). The van der Waals surface area contributed by atoms with E-state index in [1.165, 1.54) is 0 Å². The lowest BCUT2D eigenvalue weighted by Gasteiger charge is -2.13. The van der Waals surface area contributed by atoms with Crippen LogP contribution in [0.4, 0.5) is 5.69 Å². The molecule has 0 radical (unpaired) electrons. The number of hydrogen-bond acceptors (Lipinski definition) is 2. The van der Waals surface area contributed by atoms with Gasteiger partial charge in [0.25, 0.3) is 5.91 Å². The topological polar surface area (TPSA) is 51.1 Å². The zero-order valence-electron chi connectivity index (χ0n) is 13.3. The minimum Gasteiger partial charge on any atom is -0.343 e. The van der Waals surface area contributed by atoms with Crippen molar-refractivity contribution in [2.45, 2.75) is 19.4 Å². The molecule has 25 heavy (non-hydrogen) atoms. The highest BCUT2D eigenvalue weighted by Gasteiger charge is 2.24. The first-order valence-corrected chi connectivity index (χ1v) is 8.64. The molecule has 0 unspecified atom stereocenters. The number of nitrogens with one attached hydrogen (secondary N) is 1. The number of hydrogen-bond donors (Lipinski definition) is 1. The number of anilines is 1. The van der Waals surface area contributed by atoms with Crippen molar-refractivity contribution < 1.29 is 4.79 Å². The SMILES string of the molecule is C[C@@H]1Cc2cccc3c(=O)c(C(=O)Nc4cc(Cl)cc(Cl)c4)cn1c23. The Bertz CT molecular complexity index is 1070. The van der Waals surface area contributed by atoms with Crippen LogP contribution >= 0.6 is 23.2 Å². The molecule has 1 amide bonds. The highest BCUT2D eigenvalue weighted by atomic mass is 35.5. The predicted octanol–water partition coefficient (Wildman–Crippen LogP) is 4.68. The van der Waals surface area contributed by atoms with Crippen LogP contribution in [0.2, 0.25) is 10.0 Å². The van der Waals surface area contributed by atoms with Gasteiger partial charge in [0.05, 0.1) is 5.52 Å². The number of amides is 1. The van der Waals surface area contributed by atoms with Crippen LogP contribution in [0.25, 0.3) is 10.9 Å². The predicted molar refractivity (Wildman–Crippen MR) is 101 cm³/mol. The Morgan fingerprint density at radius 3 is 2.64 bits per heavy atom. The Morgan fingerprint density at radius 1 is 1.20 bits per heavy atom. The van der Waals surface area contributed by atoms with E-state index in [-0.39, 0.29) is 17.0 Å². The Labute approximate surface area is 154 Å². The van der Waals surface area contributed by atoms with Crippen LogP contribution in [0.5, 0.6) is 0 Å². The normalized spacial score (nSPS) is 15.6. The van der Waals surface area contributed by atoms with Crippen molar-refractivity contribution in [1.82, 2.24) is 4.57 Å². The molecule has 1 aromatic heterocycles. The molecular formula is C19H14Cl2N2O2. The van der Waals surface area contributed by atoms with Gasteiger partial charge in [0.2, 0.25) is 5.43 Å². The van der Waals surface area contributed by atoms with Gasteiger partial charge in [-0.25, -0.2) is 0 Å². The number of para-hydroxylation sites is 1. The standard InChI is InChI=1S/C19H14Cl2N2O2/c1-10-5-11-3-2-4-15-17(11)23(10)9-16(18(15)24)19(25)22-14-7-12(20)6-13(21)8-14/h2-4,6-10H,5H2,1H3,(H,22,25)/t10-/m1/s1. The number of aromatic nitrogens is 1. The smallest absolute Gasteiger partial charge is 0.261 e. The van der Waals surface area contributed by atoms with Crippen LogP contribution in [0.1, 0.15) is 28.9 Å². The number of halogens is 2. The maximum atomic E-state index is 12.8. The molecule has 0 aliphatic carbocycles. The van der Waals surface area contributed by atoms with Crippen molar-refractivity contribution >= 4 is 45.7 Å². The van der Waals surface area contributed by atoms with Crippen molar-refractivity contribution in [2.75, 3.05) is 5.32 Å². The van der Waals surface area contributed by atoms with E-state index in [1.807, 2.05) is 16.7 Å². The Morgan fingerprint density at radius 2 is 1.92 bits per heavy atom. The number of carbonyl (C=O) groups excluding carboxylic acids is 1. The number of carbonyl (C=O) groups is 1. The van der Waals surface area contributed by atoms with Gasteiger partial charge in [-0.15, -0.1) is 0 Å². The highest BCUT2D eigenvalue weighted by molar-refractivity contribution is 6.35. The first kappa shape index (κ1) is 16.2. The summed E-state index contributed by atoms with van der Waals surface area (Å²) < 4.78 is 2.01. The van der Waals surface area contributed by atoms with E-state index in [2.05, 4.69) is 12.2 Å². The van der Waals surface area contributed by atoms with Gasteiger partial charge >= 0.3 is 0 Å². The van der Waals surface area contributed by atoms with Crippen LogP contribution in [-0.4, -0.2) is 10.5 Å². The molecule has 1 N–H and O–H groups in total. The summed E-state index contributed by atoms with van der Waals surface area (Å²) in [5.41, 5.74) is 2.34. The lowest BCUT2D eigenvalue weighted by molar-refractivity contribution is 0.102. The quantitative estimate of drug-likeness (QED) is 0.709. The minimum absolute atomic E-state index is 0.106. The van der Waals surface area contributed by atoms with Gasteiger partial charge in [0.15, 0.2) is 0 Å². The monoisotopic (exact) mass is 372 g/mol. The van der Waals surface area contributed by atoms with Gasteiger partial charge in [-0.3, -0.25) is 9.59 Å². The van der Waals surface area contributed by atoms with Crippen LogP contribution in [0, 0.1) is 0 Å². The summed E-state index contributed by atoms with van der Waals surface area (Å²) in [6.45, 7) is 2.07. The van der Waals surface area contributed by atoms with Gasteiger partial charge in [0.1, 0.15) is 5.56 Å².